The van der Waals surface area contributed by atoms with Gasteiger partial charge in [-0.3, -0.25) is 4.79 Å². The second-order valence-electron chi connectivity index (χ2n) is 10.6. The van der Waals surface area contributed by atoms with Crippen LogP contribution in [-0.4, -0.2) is 17.3 Å². The average Bonchev–Trinajstić information content (AvgIpc) is 3.01. The van der Waals surface area contributed by atoms with Gasteiger partial charge in [0.2, 0.25) is 0 Å². The highest BCUT2D eigenvalue weighted by molar-refractivity contribution is 7.79. The zero-order valence-electron chi connectivity index (χ0n) is 24.5. The van der Waals surface area contributed by atoms with Crippen LogP contribution in [0.5, 0.6) is 0 Å². The molecule has 0 aromatic heterocycles. The molecule has 0 aliphatic carbocycles. The molecule has 4 aromatic carbocycles. The predicted molar refractivity (Wildman–Crippen MR) is 180 cm³/mol. The normalized spacial score (nSPS) is 12.0. The zero-order chi connectivity index (χ0) is 31.8. The smallest absolute Gasteiger partial charge is 0.389 e. The Labute approximate surface area is 270 Å². The molecule has 234 valence electrons. The van der Waals surface area contributed by atoms with Crippen LogP contribution in [0.2, 0.25) is 10.0 Å². The van der Waals surface area contributed by atoms with Crippen molar-refractivity contribution in [2.45, 2.75) is 69.9 Å². The van der Waals surface area contributed by atoms with E-state index >= 15 is 0 Å². The number of hydrogen-bond acceptors (Lipinski definition) is 1. The lowest BCUT2D eigenvalue weighted by molar-refractivity contribution is -0.139. The Bertz CT molecular complexity index is 1320. The molecule has 0 bridgehead atoms. The Morgan fingerprint density at radius 1 is 0.614 bits per heavy atom. The topological polar surface area (TPSA) is 37.3 Å². The standard InChI is InChI=1S/C18H13Cl2P.C18H25F3O2/c19-14-6-10-17(11-7-14)21(16-4-2-1-3-5-16)18-12-8-15(20)9-13-18;19-18(20,21)14-10-5-3-1-2-4-9-13-16(17(22)23)15-11-7-6-8-12-15/h1-13H;6-8,11-12,16H,1-5,9-10,13-14H2,(H,22,23). The summed E-state index contributed by atoms with van der Waals surface area (Å²) < 4.78 is 35.9. The Morgan fingerprint density at radius 3 is 1.48 bits per heavy atom. The number of carboxylic acid groups (broad SMARTS) is 1. The highest BCUT2D eigenvalue weighted by Crippen LogP contribution is 2.33. The number of hydrogen-bond donors (Lipinski definition) is 1. The van der Waals surface area contributed by atoms with Crippen LogP contribution in [-0.2, 0) is 4.79 Å². The van der Waals surface area contributed by atoms with Crippen molar-refractivity contribution in [3.8, 4) is 0 Å². The molecule has 0 saturated carbocycles. The van der Waals surface area contributed by atoms with Crippen molar-refractivity contribution >= 4 is 53.0 Å². The van der Waals surface area contributed by atoms with Crippen LogP contribution in [0, 0.1) is 0 Å². The fourth-order valence-corrected chi connectivity index (χ4v) is 7.39. The van der Waals surface area contributed by atoms with Gasteiger partial charge in [0, 0.05) is 16.5 Å². The highest BCUT2D eigenvalue weighted by atomic mass is 35.5. The van der Waals surface area contributed by atoms with Crippen molar-refractivity contribution < 1.29 is 23.1 Å². The van der Waals surface area contributed by atoms with Crippen LogP contribution in [0.3, 0.4) is 0 Å². The number of halogens is 5. The lowest BCUT2D eigenvalue weighted by Crippen LogP contribution is -2.20. The summed E-state index contributed by atoms with van der Waals surface area (Å²) in [4.78, 5) is 11.3. The van der Waals surface area contributed by atoms with Gasteiger partial charge in [-0.15, -0.1) is 0 Å². The van der Waals surface area contributed by atoms with Crippen molar-refractivity contribution in [2.24, 2.45) is 0 Å². The van der Waals surface area contributed by atoms with E-state index in [-0.39, 0.29) is 6.42 Å². The third kappa shape index (κ3) is 13.0. The molecule has 0 saturated heterocycles. The molecule has 0 spiro atoms. The van der Waals surface area contributed by atoms with Gasteiger partial charge in [-0.25, -0.2) is 0 Å². The lowest BCUT2D eigenvalue weighted by Gasteiger charge is -2.19. The Kier molecular flexibility index (Phi) is 15.3. The molecule has 2 nitrogen and oxygen atoms in total. The van der Waals surface area contributed by atoms with Gasteiger partial charge in [-0.1, -0.05) is 147 Å². The average molecular weight is 662 g/mol. The van der Waals surface area contributed by atoms with Crippen molar-refractivity contribution in [3.63, 3.8) is 0 Å². The van der Waals surface area contributed by atoms with Crippen LogP contribution in [0.1, 0.15) is 69.3 Å². The first-order valence-electron chi connectivity index (χ1n) is 14.8. The van der Waals surface area contributed by atoms with Crippen molar-refractivity contribution in [1.82, 2.24) is 0 Å². The van der Waals surface area contributed by atoms with E-state index in [1.54, 1.807) is 0 Å². The second kappa shape index (κ2) is 18.8. The molecule has 1 unspecified atom stereocenters. The van der Waals surface area contributed by atoms with Crippen LogP contribution in [0.25, 0.3) is 0 Å². The van der Waals surface area contributed by atoms with E-state index in [1.807, 2.05) is 60.7 Å². The second-order valence-corrected chi connectivity index (χ2v) is 13.6. The first kappa shape index (κ1) is 35.6. The summed E-state index contributed by atoms with van der Waals surface area (Å²) in [6.45, 7) is 0. The summed E-state index contributed by atoms with van der Waals surface area (Å²) in [6.07, 6.45) is 1.14. The molecule has 4 aromatic rings. The Morgan fingerprint density at radius 2 is 1.02 bits per heavy atom. The van der Waals surface area contributed by atoms with Gasteiger partial charge >= 0.3 is 12.1 Å². The predicted octanol–water partition coefficient (Wildman–Crippen LogP) is 10.7. The fraction of sp³-hybridized carbons (Fsp3) is 0.306. The van der Waals surface area contributed by atoms with E-state index in [0.29, 0.717) is 12.8 Å². The van der Waals surface area contributed by atoms with Gasteiger partial charge in [-0.2, -0.15) is 13.2 Å². The minimum atomic E-state index is -4.04. The van der Waals surface area contributed by atoms with E-state index in [0.717, 1.165) is 47.7 Å². The lowest BCUT2D eigenvalue weighted by atomic mass is 9.93. The molecular weight excluding hydrogens is 623 g/mol. The zero-order valence-corrected chi connectivity index (χ0v) is 26.9. The molecular formula is C36H38Cl2F3O2P. The molecule has 0 aliphatic heterocycles. The fourth-order valence-electron chi connectivity index (χ4n) is 4.88. The molecule has 0 heterocycles. The van der Waals surface area contributed by atoms with E-state index in [2.05, 4.69) is 48.5 Å². The number of unbranched alkanes of at least 4 members (excludes halogenated alkanes) is 6. The van der Waals surface area contributed by atoms with Crippen LogP contribution < -0.4 is 15.9 Å². The summed E-state index contributed by atoms with van der Waals surface area (Å²) in [6, 6.07) is 36.0. The van der Waals surface area contributed by atoms with E-state index in [4.69, 9.17) is 23.2 Å². The summed E-state index contributed by atoms with van der Waals surface area (Å²) in [7, 11) is -0.588. The van der Waals surface area contributed by atoms with Crippen molar-refractivity contribution in [1.29, 1.82) is 0 Å². The largest absolute Gasteiger partial charge is 0.481 e. The molecule has 8 heteroatoms. The van der Waals surface area contributed by atoms with Crippen molar-refractivity contribution in [3.05, 3.63) is 125 Å². The quantitative estimate of drug-likeness (QED) is 0.108. The first-order valence-corrected chi connectivity index (χ1v) is 16.9. The van der Waals surface area contributed by atoms with E-state index in [1.165, 1.54) is 15.9 Å². The summed E-state index contributed by atoms with van der Waals surface area (Å²) in [5.74, 6) is -1.27. The maximum absolute atomic E-state index is 12.0. The molecule has 0 radical (unpaired) electrons. The van der Waals surface area contributed by atoms with Crippen LogP contribution in [0.15, 0.2) is 109 Å². The number of alkyl halides is 3. The minimum absolute atomic E-state index is 0.207. The number of carbonyl (C=O) groups is 1. The molecule has 1 N–H and O–H groups in total. The molecule has 0 fully saturated rings. The van der Waals surface area contributed by atoms with Gasteiger partial charge < -0.3 is 5.11 Å². The van der Waals surface area contributed by atoms with Gasteiger partial charge in [0.15, 0.2) is 0 Å². The highest BCUT2D eigenvalue weighted by Gasteiger charge is 2.25. The van der Waals surface area contributed by atoms with E-state index < -0.39 is 32.4 Å². The summed E-state index contributed by atoms with van der Waals surface area (Å²) >= 11 is 12.0. The molecule has 4 rings (SSSR count). The van der Waals surface area contributed by atoms with Gasteiger partial charge in [0.05, 0.1) is 5.92 Å². The molecule has 0 aliphatic rings. The van der Waals surface area contributed by atoms with E-state index in [9.17, 15) is 23.1 Å². The maximum Gasteiger partial charge on any atom is 0.389 e. The number of carboxylic acids is 1. The van der Waals surface area contributed by atoms with Crippen molar-refractivity contribution in [2.75, 3.05) is 0 Å². The third-order valence-corrected chi connectivity index (χ3v) is 10.1. The van der Waals surface area contributed by atoms with Gasteiger partial charge in [-0.05, 0) is 66.5 Å². The molecule has 44 heavy (non-hydrogen) atoms. The summed E-state index contributed by atoms with van der Waals surface area (Å²) in [5, 5.41) is 14.7. The molecule has 0 amide bonds. The minimum Gasteiger partial charge on any atom is -0.481 e. The summed E-state index contributed by atoms with van der Waals surface area (Å²) in [5.41, 5.74) is 0.826. The Hall–Kier alpha value is -2.85. The third-order valence-electron chi connectivity index (χ3n) is 7.14. The first-order chi connectivity index (χ1) is 21.1. The Balaban J connectivity index is 0.000000241. The monoisotopic (exact) mass is 660 g/mol. The number of aliphatic carboxylic acids is 1. The number of rotatable bonds is 14. The molecule has 1 atom stereocenters. The number of benzene rings is 4. The maximum atomic E-state index is 12.0. The van der Waals surface area contributed by atoms with Crippen LogP contribution >= 0.6 is 31.1 Å². The van der Waals surface area contributed by atoms with Gasteiger partial charge in [0.25, 0.3) is 0 Å². The van der Waals surface area contributed by atoms with Crippen LogP contribution in [0.4, 0.5) is 13.2 Å². The van der Waals surface area contributed by atoms with Gasteiger partial charge in [0.1, 0.15) is 0 Å². The SMILES string of the molecule is Clc1ccc(P(c2ccccc2)c2ccc(Cl)cc2)cc1.O=C(O)C(CCCCCCCCCC(F)(F)F)c1ccccc1.